The number of amides is 1. The zero-order valence-corrected chi connectivity index (χ0v) is 22.6. The van der Waals surface area contributed by atoms with E-state index in [2.05, 4.69) is 67.9 Å². The molecule has 5 nitrogen and oxygen atoms in total. The maximum atomic E-state index is 13.2. The minimum atomic E-state index is 0.125. The molecule has 4 rings (SSSR count). The van der Waals surface area contributed by atoms with E-state index in [0.29, 0.717) is 13.1 Å². The molecule has 1 fully saturated rings. The molecular weight excluding hydrogens is 444 g/mol. The van der Waals surface area contributed by atoms with Gasteiger partial charge in [-0.1, -0.05) is 55.7 Å². The minimum absolute atomic E-state index is 0.125. The third-order valence-corrected chi connectivity index (χ3v) is 7.31. The number of carbonyl (C=O) groups excluding carboxylic acids is 1. The van der Waals surface area contributed by atoms with Crippen molar-refractivity contribution in [3.8, 4) is 0 Å². The van der Waals surface area contributed by atoms with Crippen LogP contribution in [0.15, 0.2) is 42.5 Å². The molecule has 0 saturated carbocycles. The summed E-state index contributed by atoms with van der Waals surface area (Å²) in [6.07, 6.45) is 5.59. The molecule has 1 aliphatic rings. The van der Waals surface area contributed by atoms with Crippen molar-refractivity contribution in [2.24, 2.45) is 0 Å². The van der Waals surface area contributed by atoms with Crippen molar-refractivity contribution < 1.29 is 4.79 Å². The van der Waals surface area contributed by atoms with Crippen molar-refractivity contribution in [3.05, 3.63) is 87.4 Å². The lowest BCUT2D eigenvalue weighted by Gasteiger charge is -2.36. The normalized spacial score (nSPS) is 13.8. The van der Waals surface area contributed by atoms with E-state index >= 15 is 0 Å². The Labute approximate surface area is 216 Å². The average molecular weight is 485 g/mol. The highest BCUT2D eigenvalue weighted by Crippen LogP contribution is 2.27. The Morgan fingerprint density at radius 1 is 0.889 bits per heavy atom. The van der Waals surface area contributed by atoms with E-state index in [1.807, 2.05) is 24.0 Å². The SMILES string of the molecule is CCCCCc1ccc(C(=O)N2CCN(c3nc(C)nc(C)c3Cc3cc(C)ccc3C)CC2)cc1. The Morgan fingerprint density at radius 2 is 1.61 bits per heavy atom. The Kier molecular flexibility index (Phi) is 8.40. The third kappa shape index (κ3) is 6.13. The van der Waals surface area contributed by atoms with Crippen molar-refractivity contribution in [2.45, 2.75) is 66.7 Å². The fourth-order valence-corrected chi connectivity index (χ4v) is 5.06. The lowest BCUT2D eigenvalue weighted by molar-refractivity contribution is 0.0746. The van der Waals surface area contributed by atoms with Crippen molar-refractivity contribution in [1.29, 1.82) is 0 Å². The molecule has 1 aromatic heterocycles. The molecule has 0 N–H and O–H groups in total. The number of rotatable bonds is 8. The second-order valence-electron chi connectivity index (χ2n) is 10.2. The number of aryl methyl sites for hydroxylation is 5. The van der Waals surface area contributed by atoms with Crippen LogP contribution in [0.5, 0.6) is 0 Å². The standard InChI is InChI=1S/C31H40N4O/c1-6-7-8-9-26-12-14-27(15-13-26)31(36)35-18-16-34(17-19-35)30-29(24(4)32-25(5)33-30)21-28-20-22(2)10-11-23(28)3/h10-15,20H,6-9,16-19,21H2,1-5H3. The lowest BCUT2D eigenvalue weighted by Crippen LogP contribution is -2.49. The molecule has 0 aliphatic carbocycles. The Bertz CT molecular complexity index is 1190. The van der Waals surface area contributed by atoms with Gasteiger partial charge in [0, 0.05) is 49.4 Å². The fourth-order valence-electron chi connectivity index (χ4n) is 5.06. The zero-order chi connectivity index (χ0) is 25.7. The number of unbranched alkanes of at least 4 members (excludes halogenated alkanes) is 2. The second-order valence-corrected chi connectivity index (χ2v) is 10.2. The van der Waals surface area contributed by atoms with E-state index in [-0.39, 0.29) is 5.91 Å². The zero-order valence-electron chi connectivity index (χ0n) is 22.6. The number of benzene rings is 2. The first-order valence-corrected chi connectivity index (χ1v) is 13.4. The van der Waals surface area contributed by atoms with Crippen LogP contribution < -0.4 is 4.90 Å². The number of hydrogen-bond acceptors (Lipinski definition) is 4. The predicted molar refractivity (Wildman–Crippen MR) is 148 cm³/mol. The molecule has 190 valence electrons. The topological polar surface area (TPSA) is 49.3 Å². The molecule has 2 aromatic carbocycles. The summed E-state index contributed by atoms with van der Waals surface area (Å²) in [4.78, 5) is 27.1. The van der Waals surface area contributed by atoms with E-state index in [1.165, 1.54) is 47.1 Å². The number of hydrogen-bond donors (Lipinski definition) is 0. The highest BCUT2D eigenvalue weighted by Gasteiger charge is 2.25. The number of carbonyl (C=O) groups is 1. The van der Waals surface area contributed by atoms with Crippen molar-refractivity contribution >= 4 is 11.7 Å². The summed E-state index contributed by atoms with van der Waals surface area (Å²) < 4.78 is 0. The number of piperazine rings is 1. The second kappa shape index (κ2) is 11.7. The van der Waals surface area contributed by atoms with Gasteiger partial charge in [0.2, 0.25) is 0 Å². The molecule has 2 heterocycles. The van der Waals surface area contributed by atoms with Crippen LogP contribution in [-0.2, 0) is 12.8 Å². The lowest BCUT2D eigenvalue weighted by atomic mass is 9.97. The van der Waals surface area contributed by atoms with Gasteiger partial charge in [-0.05, 0) is 69.4 Å². The maximum absolute atomic E-state index is 13.2. The first-order chi connectivity index (χ1) is 17.4. The molecule has 1 saturated heterocycles. The summed E-state index contributed by atoms with van der Waals surface area (Å²) in [5, 5.41) is 0. The van der Waals surface area contributed by atoms with Gasteiger partial charge in [0.15, 0.2) is 0 Å². The van der Waals surface area contributed by atoms with Crippen LogP contribution in [0.2, 0.25) is 0 Å². The predicted octanol–water partition coefficient (Wildman–Crippen LogP) is 6.00. The molecule has 0 spiro atoms. The average Bonchev–Trinajstić information content (AvgIpc) is 2.88. The maximum Gasteiger partial charge on any atom is 0.253 e. The highest BCUT2D eigenvalue weighted by atomic mass is 16.2. The highest BCUT2D eigenvalue weighted by molar-refractivity contribution is 5.94. The quantitative estimate of drug-likeness (QED) is 0.368. The fraction of sp³-hybridized carbons (Fsp3) is 0.452. The van der Waals surface area contributed by atoms with Gasteiger partial charge in [-0.2, -0.15) is 0 Å². The molecular formula is C31H40N4O. The first-order valence-electron chi connectivity index (χ1n) is 13.4. The van der Waals surface area contributed by atoms with Crippen LogP contribution in [0.1, 0.15) is 75.9 Å². The molecule has 0 bridgehead atoms. The van der Waals surface area contributed by atoms with E-state index < -0.39 is 0 Å². The van der Waals surface area contributed by atoms with Crippen LogP contribution in [0.25, 0.3) is 0 Å². The van der Waals surface area contributed by atoms with Gasteiger partial charge in [0.1, 0.15) is 11.6 Å². The van der Waals surface area contributed by atoms with Gasteiger partial charge in [-0.3, -0.25) is 4.79 Å². The van der Waals surface area contributed by atoms with Crippen LogP contribution in [-0.4, -0.2) is 47.0 Å². The summed E-state index contributed by atoms with van der Waals surface area (Å²) in [7, 11) is 0. The van der Waals surface area contributed by atoms with Crippen LogP contribution >= 0.6 is 0 Å². The summed E-state index contributed by atoms with van der Waals surface area (Å²) in [6, 6.07) is 14.8. The monoisotopic (exact) mass is 484 g/mol. The molecule has 5 heteroatoms. The minimum Gasteiger partial charge on any atom is -0.353 e. The Hall–Kier alpha value is -3.21. The number of anilines is 1. The van der Waals surface area contributed by atoms with Gasteiger partial charge in [-0.25, -0.2) is 9.97 Å². The molecule has 3 aromatic rings. The third-order valence-electron chi connectivity index (χ3n) is 7.31. The van der Waals surface area contributed by atoms with Crippen molar-refractivity contribution in [2.75, 3.05) is 31.1 Å². The summed E-state index contributed by atoms with van der Waals surface area (Å²) in [5.41, 5.74) is 8.20. The molecule has 1 amide bonds. The smallest absolute Gasteiger partial charge is 0.253 e. The van der Waals surface area contributed by atoms with E-state index in [4.69, 9.17) is 4.98 Å². The molecule has 36 heavy (non-hydrogen) atoms. The Balaban J connectivity index is 1.45. The summed E-state index contributed by atoms with van der Waals surface area (Å²) in [5.74, 6) is 1.94. The van der Waals surface area contributed by atoms with Gasteiger partial charge in [-0.15, -0.1) is 0 Å². The van der Waals surface area contributed by atoms with E-state index in [0.717, 1.165) is 48.8 Å². The van der Waals surface area contributed by atoms with Crippen LogP contribution in [0.3, 0.4) is 0 Å². The van der Waals surface area contributed by atoms with Gasteiger partial charge in [0.25, 0.3) is 5.91 Å². The van der Waals surface area contributed by atoms with Gasteiger partial charge in [0.05, 0.1) is 0 Å². The molecule has 0 unspecified atom stereocenters. The van der Waals surface area contributed by atoms with E-state index in [1.54, 1.807) is 0 Å². The Morgan fingerprint density at radius 3 is 2.31 bits per heavy atom. The number of aromatic nitrogens is 2. The number of nitrogens with zero attached hydrogens (tertiary/aromatic N) is 4. The summed E-state index contributed by atoms with van der Waals surface area (Å²) >= 11 is 0. The largest absolute Gasteiger partial charge is 0.353 e. The van der Waals surface area contributed by atoms with Gasteiger partial charge < -0.3 is 9.80 Å². The van der Waals surface area contributed by atoms with Crippen molar-refractivity contribution in [1.82, 2.24) is 14.9 Å². The molecule has 0 atom stereocenters. The van der Waals surface area contributed by atoms with Gasteiger partial charge >= 0.3 is 0 Å². The molecule has 0 radical (unpaired) electrons. The first kappa shape index (κ1) is 25.9. The van der Waals surface area contributed by atoms with Crippen LogP contribution in [0.4, 0.5) is 5.82 Å². The van der Waals surface area contributed by atoms with Crippen LogP contribution in [0, 0.1) is 27.7 Å². The molecule has 1 aliphatic heterocycles. The van der Waals surface area contributed by atoms with E-state index in [9.17, 15) is 4.79 Å². The summed E-state index contributed by atoms with van der Waals surface area (Å²) in [6.45, 7) is 13.5. The van der Waals surface area contributed by atoms with Crippen molar-refractivity contribution in [3.63, 3.8) is 0 Å².